The lowest BCUT2D eigenvalue weighted by atomic mass is 9.99. The van der Waals surface area contributed by atoms with E-state index in [1.54, 1.807) is 14.2 Å². The molecule has 0 aliphatic heterocycles. The van der Waals surface area contributed by atoms with Gasteiger partial charge in [-0.15, -0.1) is 0 Å². The third kappa shape index (κ3) is 3.53. The Morgan fingerprint density at radius 2 is 1.89 bits per heavy atom. The van der Waals surface area contributed by atoms with Crippen LogP contribution in [-0.4, -0.2) is 26.3 Å². The van der Waals surface area contributed by atoms with Gasteiger partial charge in [0.25, 0.3) is 0 Å². The van der Waals surface area contributed by atoms with E-state index in [0.717, 1.165) is 29.2 Å². The first-order chi connectivity index (χ1) is 8.43. The monoisotopic (exact) mass is 252 g/mol. The Morgan fingerprint density at radius 3 is 2.39 bits per heavy atom. The van der Waals surface area contributed by atoms with Crippen LogP contribution < -0.4 is 20.5 Å². The number of nitrogens with one attached hydrogen (secondary N) is 1. The summed E-state index contributed by atoms with van der Waals surface area (Å²) in [7, 11) is 3.31. The Morgan fingerprint density at radius 1 is 1.22 bits per heavy atom. The van der Waals surface area contributed by atoms with E-state index < -0.39 is 0 Å². The molecule has 0 aliphatic carbocycles. The van der Waals surface area contributed by atoms with Crippen LogP contribution >= 0.6 is 0 Å². The van der Waals surface area contributed by atoms with E-state index in [1.165, 1.54) is 0 Å². The molecule has 1 rings (SSSR count). The van der Waals surface area contributed by atoms with E-state index in [4.69, 9.17) is 15.2 Å². The molecule has 0 aliphatic rings. The smallest absolute Gasteiger partial charge is 0.145 e. The molecule has 4 nitrogen and oxygen atoms in total. The van der Waals surface area contributed by atoms with Crippen molar-refractivity contribution in [1.29, 1.82) is 0 Å². The average molecular weight is 252 g/mol. The number of ether oxygens (including phenoxy) is 2. The summed E-state index contributed by atoms with van der Waals surface area (Å²) in [4.78, 5) is 0. The molecule has 4 heteroatoms. The van der Waals surface area contributed by atoms with Crippen molar-refractivity contribution in [2.45, 2.75) is 32.7 Å². The fourth-order valence-electron chi connectivity index (χ4n) is 1.92. The second-order valence-corrected chi connectivity index (χ2v) is 5.07. The molecule has 3 N–H and O–H groups in total. The van der Waals surface area contributed by atoms with Crippen molar-refractivity contribution < 1.29 is 9.47 Å². The summed E-state index contributed by atoms with van der Waals surface area (Å²) in [5, 5.41) is 3.50. The van der Waals surface area contributed by atoms with Crippen molar-refractivity contribution in [3.8, 4) is 11.5 Å². The van der Waals surface area contributed by atoms with Gasteiger partial charge in [-0.25, -0.2) is 0 Å². The highest BCUT2D eigenvalue weighted by Gasteiger charge is 2.20. The number of benzene rings is 1. The second kappa shape index (κ2) is 5.96. The molecule has 0 amide bonds. The maximum atomic E-state index is 5.63. The zero-order chi connectivity index (χ0) is 13.8. The summed E-state index contributed by atoms with van der Waals surface area (Å²) >= 11 is 0. The highest BCUT2D eigenvalue weighted by Crippen LogP contribution is 2.35. The van der Waals surface area contributed by atoms with Gasteiger partial charge in [-0.2, -0.15) is 0 Å². The van der Waals surface area contributed by atoms with Crippen molar-refractivity contribution in [3.05, 3.63) is 17.7 Å². The minimum atomic E-state index is -0.0681. The lowest BCUT2D eigenvalue weighted by Crippen LogP contribution is -2.33. The summed E-state index contributed by atoms with van der Waals surface area (Å²) in [6.07, 6.45) is 0.890. The van der Waals surface area contributed by atoms with Gasteiger partial charge in [0.05, 0.1) is 19.9 Å². The zero-order valence-corrected chi connectivity index (χ0v) is 12.0. The first-order valence-corrected chi connectivity index (χ1v) is 6.14. The number of hydrogen-bond acceptors (Lipinski definition) is 4. The first kappa shape index (κ1) is 14.6. The first-order valence-electron chi connectivity index (χ1n) is 6.14. The highest BCUT2D eigenvalue weighted by atomic mass is 16.5. The van der Waals surface area contributed by atoms with Crippen LogP contribution in [0.4, 0.5) is 5.69 Å². The van der Waals surface area contributed by atoms with E-state index in [0.29, 0.717) is 6.54 Å². The topological polar surface area (TPSA) is 56.5 Å². The molecule has 0 saturated carbocycles. The van der Waals surface area contributed by atoms with Crippen LogP contribution in [0.5, 0.6) is 11.5 Å². The average Bonchev–Trinajstić information content (AvgIpc) is 2.31. The number of aryl methyl sites for hydroxylation is 1. The van der Waals surface area contributed by atoms with Crippen molar-refractivity contribution in [1.82, 2.24) is 0 Å². The summed E-state index contributed by atoms with van der Waals surface area (Å²) in [5.41, 5.74) is 7.65. The zero-order valence-electron chi connectivity index (χ0n) is 12.0. The van der Waals surface area contributed by atoms with E-state index >= 15 is 0 Å². The molecule has 0 spiro atoms. The Labute approximate surface area is 109 Å². The van der Waals surface area contributed by atoms with Crippen molar-refractivity contribution in [3.63, 3.8) is 0 Å². The molecule has 0 saturated heterocycles. The van der Waals surface area contributed by atoms with Gasteiger partial charge in [0, 0.05) is 11.6 Å². The number of rotatable bonds is 6. The molecular formula is C14H24N2O2. The van der Waals surface area contributed by atoms with Crippen LogP contribution in [0.3, 0.4) is 0 Å². The van der Waals surface area contributed by atoms with Crippen molar-refractivity contribution in [2.75, 3.05) is 26.1 Å². The van der Waals surface area contributed by atoms with Crippen LogP contribution in [0.2, 0.25) is 0 Å². The van der Waals surface area contributed by atoms with Crippen LogP contribution in [0.1, 0.15) is 25.8 Å². The van der Waals surface area contributed by atoms with Crippen LogP contribution in [-0.2, 0) is 0 Å². The van der Waals surface area contributed by atoms with Gasteiger partial charge in [0.15, 0.2) is 0 Å². The van der Waals surface area contributed by atoms with Crippen molar-refractivity contribution >= 4 is 5.69 Å². The number of nitrogens with two attached hydrogens (primary N) is 1. The van der Waals surface area contributed by atoms with Gasteiger partial charge < -0.3 is 20.5 Å². The number of methoxy groups -OCH3 is 2. The SMILES string of the molecule is COc1cc(C)c(NC(C)(C)CCN)c(OC)c1. The minimum Gasteiger partial charge on any atom is -0.497 e. The third-order valence-electron chi connectivity index (χ3n) is 2.96. The Hall–Kier alpha value is -1.42. The molecule has 1 aromatic carbocycles. The number of hydrogen-bond donors (Lipinski definition) is 2. The molecule has 0 fully saturated rings. The van der Waals surface area contributed by atoms with Gasteiger partial charge in [-0.1, -0.05) is 0 Å². The molecule has 102 valence electrons. The molecule has 0 heterocycles. The van der Waals surface area contributed by atoms with E-state index in [1.807, 2.05) is 19.1 Å². The Kier molecular flexibility index (Phi) is 4.84. The Bertz CT molecular complexity index is 403. The molecule has 18 heavy (non-hydrogen) atoms. The maximum absolute atomic E-state index is 5.63. The predicted molar refractivity (Wildman–Crippen MR) is 75.7 cm³/mol. The van der Waals surface area contributed by atoms with Gasteiger partial charge in [-0.3, -0.25) is 0 Å². The second-order valence-electron chi connectivity index (χ2n) is 5.07. The van der Waals surface area contributed by atoms with Gasteiger partial charge >= 0.3 is 0 Å². The summed E-state index contributed by atoms with van der Waals surface area (Å²) < 4.78 is 10.7. The molecule has 0 unspecified atom stereocenters. The van der Waals surface area contributed by atoms with Crippen LogP contribution in [0, 0.1) is 6.92 Å². The van der Waals surface area contributed by atoms with Crippen LogP contribution in [0.25, 0.3) is 0 Å². The van der Waals surface area contributed by atoms with Crippen LogP contribution in [0.15, 0.2) is 12.1 Å². The standard InChI is InChI=1S/C14H24N2O2/c1-10-8-11(17-4)9-12(18-5)13(10)16-14(2,3)6-7-15/h8-9,16H,6-7,15H2,1-5H3. The quantitative estimate of drug-likeness (QED) is 0.817. The van der Waals surface area contributed by atoms with E-state index in [-0.39, 0.29) is 5.54 Å². The maximum Gasteiger partial charge on any atom is 0.145 e. The van der Waals surface area contributed by atoms with Crippen molar-refractivity contribution in [2.24, 2.45) is 5.73 Å². The van der Waals surface area contributed by atoms with Gasteiger partial charge in [0.2, 0.25) is 0 Å². The normalized spacial score (nSPS) is 11.2. The highest BCUT2D eigenvalue weighted by molar-refractivity contribution is 5.65. The fraction of sp³-hybridized carbons (Fsp3) is 0.571. The van der Waals surface area contributed by atoms with E-state index in [2.05, 4.69) is 19.2 Å². The lowest BCUT2D eigenvalue weighted by Gasteiger charge is -2.29. The Balaban J connectivity index is 3.08. The number of anilines is 1. The minimum absolute atomic E-state index is 0.0681. The lowest BCUT2D eigenvalue weighted by molar-refractivity contribution is 0.393. The molecule has 0 radical (unpaired) electrons. The summed E-state index contributed by atoms with van der Waals surface area (Å²) in [5.74, 6) is 1.59. The van der Waals surface area contributed by atoms with E-state index in [9.17, 15) is 0 Å². The largest absolute Gasteiger partial charge is 0.497 e. The summed E-state index contributed by atoms with van der Waals surface area (Å²) in [6.45, 7) is 6.94. The van der Waals surface area contributed by atoms with Gasteiger partial charge in [0.1, 0.15) is 11.5 Å². The fourth-order valence-corrected chi connectivity index (χ4v) is 1.92. The molecule has 0 atom stereocenters. The molecule has 1 aromatic rings. The third-order valence-corrected chi connectivity index (χ3v) is 2.96. The predicted octanol–water partition coefficient (Wildman–Crippen LogP) is 2.55. The summed E-state index contributed by atoms with van der Waals surface area (Å²) in [6, 6.07) is 3.87. The molecular weight excluding hydrogens is 228 g/mol. The van der Waals surface area contributed by atoms with Gasteiger partial charge in [-0.05, 0) is 45.4 Å². The molecule has 0 bridgehead atoms. The molecule has 0 aromatic heterocycles.